The number of anilines is 1. The van der Waals surface area contributed by atoms with Gasteiger partial charge in [0.2, 0.25) is 11.7 Å². The molecule has 5 N–H and O–H groups in total. The number of aliphatic hydroxyl groups is 1. The van der Waals surface area contributed by atoms with Gasteiger partial charge >= 0.3 is 0 Å². The van der Waals surface area contributed by atoms with E-state index in [0.717, 1.165) is 32.1 Å². The highest BCUT2D eigenvalue weighted by Crippen LogP contribution is 2.34. The van der Waals surface area contributed by atoms with Crippen molar-refractivity contribution in [1.29, 1.82) is 0 Å². The van der Waals surface area contributed by atoms with E-state index < -0.39 is 96.8 Å². The molecule has 20 heteroatoms. The van der Waals surface area contributed by atoms with Crippen molar-refractivity contribution in [2.45, 2.75) is 99.8 Å². The molecular weight excluding hydrogens is 805 g/mol. The number of carbonyl (C=O) groups is 5. The van der Waals surface area contributed by atoms with Gasteiger partial charge in [-0.25, -0.2) is 26.5 Å². The average molecular weight is 853 g/mol. The molecule has 0 radical (unpaired) electrons. The first-order valence-corrected chi connectivity index (χ1v) is 22.7. The van der Waals surface area contributed by atoms with Crippen LogP contribution in [0.5, 0.6) is 0 Å². The molecule has 0 bridgehead atoms. The fourth-order valence-corrected chi connectivity index (χ4v) is 10.5. The van der Waals surface area contributed by atoms with Crippen molar-refractivity contribution in [3.05, 3.63) is 72.1 Å². The summed E-state index contributed by atoms with van der Waals surface area (Å²) in [4.78, 5) is 73.9. The molecule has 3 fully saturated rings. The highest BCUT2D eigenvalue weighted by Gasteiger charge is 2.50. The predicted octanol–water partition coefficient (Wildman–Crippen LogP) is 1.82. The van der Waals surface area contributed by atoms with Crippen molar-refractivity contribution in [2.75, 3.05) is 22.8 Å². The summed E-state index contributed by atoms with van der Waals surface area (Å²) in [7, 11) is -7.58. The second-order valence-corrected chi connectivity index (χ2v) is 20.0. The summed E-state index contributed by atoms with van der Waals surface area (Å²) in [5.74, 6) is -5.99. The Morgan fingerprint density at radius 1 is 0.983 bits per heavy atom. The number of likely N-dealkylation sites (tertiary alicyclic amines) is 1. The first-order valence-electron chi connectivity index (χ1n) is 19.4. The Kier molecular flexibility index (Phi) is 12.5. The topological polar surface area (TPSA) is 270 Å². The van der Waals surface area contributed by atoms with E-state index in [9.17, 15) is 45.9 Å². The quantitative estimate of drug-likeness (QED) is 0.142. The number of carbonyl (C=O) groups excluding carboxylic acids is 5. The molecule has 59 heavy (non-hydrogen) atoms. The van der Waals surface area contributed by atoms with Gasteiger partial charge in [0.15, 0.2) is 9.84 Å². The van der Waals surface area contributed by atoms with Crippen LogP contribution in [-0.2, 0) is 44.6 Å². The van der Waals surface area contributed by atoms with Crippen LogP contribution in [0.15, 0.2) is 70.7 Å². The van der Waals surface area contributed by atoms with Crippen LogP contribution in [0.4, 0.5) is 5.69 Å². The molecule has 0 unspecified atom stereocenters. The number of aromatic nitrogens is 3. The first-order chi connectivity index (χ1) is 27.8. The van der Waals surface area contributed by atoms with E-state index in [1.807, 2.05) is 0 Å². The van der Waals surface area contributed by atoms with E-state index in [1.165, 1.54) is 53.9 Å². The number of sulfonamides is 1. The number of nitrogens with one attached hydrogen (secondary N) is 2. The highest BCUT2D eigenvalue weighted by molar-refractivity contribution is 7.92. The van der Waals surface area contributed by atoms with Crippen LogP contribution in [0.25, 0.3) is 0 Å². The molecule has 6 rings (SSSR count). The largest absolute Gasteiger partial charge is 0.384 e. The molecule has 3 aliphatic rings. The minimum atomic E-state index is -4.00. The Hall–Kier alpha value is -5.34. The number of aliphatic imine (C=N–C) groups is 1. The second-order valence-electron chi connectivity index (χ2n) is 16.0. The van der Waals surface area contributed by atoms with Gasteiger partial charge in [0.05, 0.1) is 34.3 Å². The third kappa shape index (κ3) is 9.93. The number of sulfone groups is 1. The lowest BCUT2D eigenvalue weighted by Crippen LogP contribution is -2.64. The minimum Gasteiger partial charge on any atom is -0.384 e. The molecule has 2 aromatic carbocycles. The summed E-state index contributed by atoms with van der Waals surface area (Å²) < 4.78 is 54.7. The van der Waals surface area contributed by atoms with Gasteiger partial charge in [-0.15, -0.1) is 5.10 Å². The van der Waals surface area contributed by atoms with Crippen LogP contribution < -0.4 is 15.8 Å². The molecule has 316 valence electrons. The zero-order valence-electron chi connectivity index (χ0n) is 32.7. The zero-order chi connectivity index (χ0) is 42.8. The van der Waals surface area contributed by atoms with Gasteiger partial charge < -0.3 is 21.1 Å². The summed E-state index contributed by atoms with van der Waals surface area (Å²) in [5, 5.41) is 21.6. The van der Waals surface area contributed by atoms with E-state index in [0.29, 0.717) is 5.69 Å². The smallest absolute Gasteiger partial charge is 0.287 e. The normalized spacial score (nSPS) is 21.1. The zero-order valence-corrected chi connectivity index (χ0v) is 34.4. The van der Waals surface area contributed by atoms with Crippen molar-refractivity contribution in [3.8, 4) is 0 Å². The maximum Gasteiger partial charge on any atom is 0.287 e. The van der Waals surface area contributed by atoms with Gasteiger partial charge in [-0.3, -0.25) is 28.7 Å². The van der Waals surface area contributed by atoms with Gasteiger partial charge in [-0.2, -0.15) is 0 Å². The Labute approximate surface area is 342 Å². The molecule has 1 saturated carbocycles. The number of benzene rings is 2. The molecule has 2 saturated heterocycles. The van der Waals surface area contributed by atoms with Gasteiger partial charge in [0.25, 0.3) is 27.7 Å². The summed E-state index contributed by atoms with van der Waals surface area (Å²) >= 11 is 0. The van der Waals surface area contributed by atoms with Gasteiger partial charge in [-0.05, 0) is 75.4 Å². The fraction of sp³-hybridized carbons (Fsp3) is 0.487. The van der Waals surface area contributed by atoms with Gasteiger partial charge in [0.1, 0.15) is 22.9 Å². The average Bonchev–Trinajstić information content (AvgIpc) is 3.88. The number of primary amides is 1. The summed E-state index contributed by atoms with van der Waals surface area (Å²) in [6.07, 6.45) is 4.86. The number of Topliss-reactive ketones (excluding diaryl/α,β-unsaturated/α-hetero) is 1. The van der Waals surface area contributed by atoms with Crippen LogP contribution >= 0.6 is 0 Å². The first kappa shape index (κ1) is 43.2. The number of hydrogen-bond donors (Lipinski definition) is 4. The van der Waals surface area contributed by atoms with Gasteiger partial charge in [-0.1, -0.05) is 55.5 Å². The van der Waals surface area contributed by atoms with Crippen molar-refractivity contribution < 1.29 is 45.9 Å². The maximum atomic E-state index is 14.8. The van der Waals surface area contributed by atoms with E-state index in [-0.39, 0.29) is 47.2 Å². The summed E-state index contributed by atoms with van der Waals surface area (Å²) in [6.45, 7) is 2.86. The lowest BCUT2D eigenvalue weighted by atomic mass is 9.85. The number of ketones is 1. The summed E-state index contributed by atoms with van der Waals surface area (Å²) in [6, 6.07) is 11.2. The fourth-order valence-electron chi connectivity index (χ4n) is 7.96. The third-order valence-corrected chi connectivity index (χ3v) is 14.3. The van der Waals surface area contributed by atoms with E-state index in [2.05, 4.69) is 25.3 Å². The highest BCUT2D eigenvalue weighted by atomic mass is 32.2. The van der Waals surface area contributed by atoms with Crippen LogP contribution in [0.2, 0.25) is 0 Å². The van der Waals surface area contributed by atoms with E-state index >= 15 is 0 Å². The van der Waals surface area contributed by atoms with Crippen LogP contribution in [0, 0.1) is 5.92 Å². The maximum absolute atomic E-state index is 14.8. The van der Waals surface area contributed by atoms with Crippen LogP contribution in [-0.4, -0.2) is 107 Å². The molecule has 2 atom stereocenters. The molecule has 1 aliphatic carbocycles. The molecule has 0 spiro atoms. The van der Waals surface area contributed by atoms with Crippen molar-refractivity contribution >= 4 is 60.7 Å². The third-order valence-electron chi connectivity index (χ3n) is 11.2. The Balaban J connectivity index is 1.34. The molecule has 4 amide bonds. The lowest BCUT2D eigenvalue weighted by Gasteiger charge is -2.37. The lowest BCUT2D eigenvalue weighted by molar-refractivity contribution is -0.143. The molecule has 3 heterocycles. The monoisotopic (exact) mass is 852 g/mol. The minimum absolute atomic E-state index is 0.00258. The Morgan fingerprint density at radius 2 is 1.63 bits per heavy atom. The number of amides is 4. The number of rotatable bonds is 13. The number of nitrogens with two attached hydrogens (primary N) is 1. The van der Waals surface area contributed by atoms with E-state index in [1.54, 1.807) is 30.3 Å². The second kappa shape index (κ2) is 17.1. The summed E-state index contributed by atoms with van der Waals surface area (Å²) in [5.41, 5.74) is 2.48. The van der Waals surface area contributed by atoms with Crippen LogP contribution in [0.3, 0.4) is 0 Å². The number of para-hydroxylation sites is 1. The predicted molar refractivity (Wildman–Crippen MR) is 214 cm³/mol. The molecule has 3 aromatic rings. The Bertz CT molecular complexity index is 2340. The van der Waals surface area contributed by atoms with Gasteiger partial charge in [0, 0.05) is 24.2 Å². The molecule has 18 nitrogen and oxygen atoms in total. The standard InChI is InChI=1S/C39H48N8O10S2/c1-38(2,53)32-23-41-45-47(32)28-22-31(36(51)43-39(33(48)34(40)49)17-19-58(54,55)20-18-39)46(24-28)37(52)30(21-25-9-5-3-6-10-25)42-35(50)26-13-15-29(16-14-26)59(56,57)44-27-11-7-4-8-12-27/h4,7-8,11-16,23,25,28,31,44,53H,3,5-6,9-10,17-22,24H2,1-2H3,(H2,40,49)(H,43,51)/b42-30+/t28-,31-/m0/s1. The SMILES string of the molecule is CC(C)(O)c1cnnn1[C@H]1C[C@@H](C(=O)NC2(C(=O)C(N)=O)CCS(=O)(=O)CC2)N(C(=O)/C(CC2CCCCC2)=N/C(=O)c2ccc(S(=O)(=O)Nc3ccccc3)cc2)C1. The van der Waals surface area contributed by atoms with Crippen LogP contribution in [0.1, 0.15) is 93.7 Å². The number of hydrogen-bond acceptors (Lipinski definition) is 12. The Morgan fingerprint density at radius 3 is 2.24 bits per heavy atom. The van der Waals surface area contributed by atoms with Crippen molar-refractivity contribution in [2.24, 2.45) is 16.6 Å². The molecular formula is C39H48N8O10S2. The van der Waals surface area contributed by atoms with Crippen molar-refractivity contribution in [3.63, 3.8) is 0 Å². The van der Waals surface area contributed by atoms with Crippen molar-refractivity contribution in [1.82, 2.24) is 25.2 Å². The number of nitrogens with zero attached hydrogens (tertiary/aromatic N) is 5. The molecule has 2 aliphatic heterocycles. The molecule has 1 aromatic heterocycles. The van der Waals surface area contributed by atoms with E-state index in [4.69, 9.17) is 5.73 Å².